The van der Waals surface area contributed by atoms with E-state index in [-0.39, 0.29) is 5.91 Å². The smallest absolute Gasteiger partial charge is 0.217 e. The van der Waals surface area contributed by atoms with Crippen molar-refractivity contribution in [2.45, 2.75) is 19.3 Å². The molecule has 2 N–H and O–H groups in total. The maximum Gasteiger partial charge on any atom is 0.217 e. The fraction of sp³-hybridized carbons (Fsp3) is 0.727. The number of amides is 1. The Balaban J connectivity index is 2.23. The van der Waals surface area contributed by atoms with Gasteiger partial charge in [-0.15, -0.1) is 11.6 Å². The van der Waals surface area contributed by atoms with Gasteiger partial charge in [-0.2, -0.15) is 0 Å². The molecule has 1 saturated heterocycles. The second kappa shape index (κ2) is 6.13. The molecule has 1 aliphatic heterocycles. The number of alkyl halides is 1. The van der Waals surface area contributed by atoms with Gasteiger partial charge in [0.05, 0.1) is 0 Å². The summed E-state index contributed by atoms with van der Waals surface area (Å²) in [6.07, 6.45) is 2.64. The van der Waals surface area contributed by atoms with Crippen LogP contribution < -0.4 is 5.73 Å². The molecular weight excluding hydrogens is 212 g/mol. The van der Waals surface area contributed by atoms with E-state index in [1.54, 1.807) is 0 Å². The predicted molar refractivity (Wildman–Crippen MR) is 62.8 cm³/mol. The molecule has 86 valence electrons. The Morgan fingerprint density at radius 1 is 1.47 bits per heavy atom. The number of nitrogens with zero attached hydrogens (tertiary/aromatic N) is 1. The molecular formula is C11H19ClN2O. The highest BCUT2D eigenvalue weighted by Gasteiger charge is 2.20. The molecule has 0 aromatic rings. The molecule has 0 aromatic heterocycles. The third-order valence-electron chi connectivity index (χ3n) is 2.83. The van der Waals surface area contributed by atoms with Crippen LogP contribution in [0.5, 0.6) is 0 Å². The molecule has 0 radical (unpaired) electrons. The van der Waals surface area contributed by atoms with E-state index in [2.05, 4.69) is 11.5 Å². The molecule has 1 heterocycles. The van der Waals surface area contributed by atoms with Gasteiger partial charge in [0.25, 0.3) is 0 Å². The lowest BCUT2D eigenvalue weighted by Crippen LogP contribution is -2.36. The van der Waals surface area contributed by atoms with Gasteiger partial charge in [-0.3, -0.25) is 9.69 Å². The molecule has 0 aromatic carbocycles. The third-order valence-corrected chi connectivity index (χ3v) is 3.21. The average Bonchev–Trinajstić information content (AvgIpc) is 2.20. The zero-order valence-electron chi connectivity index (χ0n) is 9.04. The number of carbonyl (C=O) groups is 1. The van der Waals surface area contributed by atoms with Crippen LogP contribution in [-0.2, 0) is 4.79 Å². The van der Waals surface area contributed by atoms with Crippen LogP contribution in [0.25, 0.3) is 0 Å². The Bertz CT molecular complexity index is 235. The maximum atomic E-state index is 10.8. The highest BCUT2D eigenvalue weighted by Crippen LogP contribution is 2.20. The molecule has 4 heteroatoms. The van der Waals surface area contributed by atoms with Crippen molar-refractivity contribution in [3.63, 3.8) is 0 Å². The Morgan fingerprint density at radius 3 is 2.53 bits per heavy atom. The number of primary amides is 1. The third kappa shape index (κ3) is 4.67. The summed E-state index contributed by atoms with van der Waals surface area (Å²) < 4.78 is 0. The number of hydrogen-bond donors (Lipinski definition) is 1. The fourth-order valence-electron chi connectivity index (χ4n) is 1.99. The van der Waals surface area contributed by atoms with Gasteiger partial charge in [0.2, 0.25) is 5.91 Å². The second-order valence-electron chi connectivity index (χ2n) is 4.27. The molecule has 0 spiro atoms. The van der Waals surface area contributed by atoms with Crippen molar-refractivity contribution >= 4 is 17.5 Å². The lowest BCUT2D eigenvalue weighted by molar-refractivity contribution is -0.119. The molecule has 0 atom stereocenters. The van der Waals surface area contributed by atoms with Crippen molar-refractivity contribution in [1.82, 2.24) is 4.90 Å². The zero-order chi connectivity index (χ0) is 11.3. The number of halogens is 1. The first-order valence-electron chi connectivity index (χ1n) is 5.35. The van der Waals surface area contributed by atoms with Crippen molar-refractivity contribution < 1.29 is 4.79 Å². The van der Waals surface area contributed by atoms with Crippen LogP contribution in [-0.4, -0.2) is 36.3 Å². The van der Waals surface area contributed by atoms with Crippen LogP contribution in [0.1, 0.15) is 19.3 Å². The number of rotatable bonds is 5. The monoisotopic (exact) mass is 230 g/mol. The highest BCUT2D eigenvalue weighted by molar-refractivity contribution is 6.19. The van der Waals surface area contributed by atoms with E-state index in [0.29, 0.717) is 18.2 Å². The van der Waals surface area contributed by atoms with Crippen LogP contribution in [0.15, 0.2) is 12.2 Å². The van der Waals surface area contributed by atoms with E-state index in [4.69, 9.17) is 17.3 Å². The van der Waals surface area contributed by atoms with Crippen LogP contribution >= 0.6 is 11.6 Å². The normalized spacial score (nSPS) is 19.0. The van der Waals surface area contributed by atoms with E-state index in [1.165, 1.54) is 0 Å². The van der Waals surface area contributed by atoms with Gasteiger partial charge >= 0.3 is 0 Å². The lowest BCUT2D eigenvalue weighted by Gasteiger charge is -2.31. The molecule has 0 aliphatic carbocycles. The van der Waals surface area contributed by atoms with Gasteiger partial charge in [0.15, 0.2) is 0 Å². The number of nitrogens with two attached hydrogens (primary N) is 1. The van der Waals surface area contributed by atoms with Crippen LogP contribution in [0, 0.1) is 5.92 Å². The SMILES string of the molecule is C=C(CCl)CN1CCC(CC(N)=O)CC1. The molecule has 1 fully saturated rings. The standard InChI is InChI=1S/C11H19ClN2O/c1-9(7-12)8-14-4-2-10(3-5-14)6-11(13)15/h10H,1-8H2,(H2,13,15). The van der Waals surface area contributed by atoms with Crippen LogP contribution in [0.3, 0.4) is 0 Å². The quantitative estimate of drug-likeness (QED) is 0.573. The molecule has 15 heavy (non-hydrogen) atoms. The van der Waals surface area contributed by atoms with Gasteiger partial charge < -0.3 is 5.73 Å². The van der Waals surface area contributed by atoms with Gasteiger partial charge in [-0.1, -0.05) is 6.58 Å². The zero-order valence-corrected chi connectivity index (χ0v) is 9.80. The molecule has 0 unspecified atom stereocenters. The summed E-state index contributed by atoms with van der Waals surface area (Å²) in [4.78, 5) is 13.1. The first kappa shape index (κ1) is 12.5. The van der Waals surface area contributed by atoms with Crippen LogP contribution in [0.4, 0.5) is 0 Å². The van der Waals surface area contributed by atoms with E-state index in [1.807, 2.05) is 0 Å². The van der Waals surface area contributed by atoms with E-state index in [9.17, 15) is 4.79 Å². The second-order valence-corrected chi connectivity index (χ2v) is 4.54. The lowest BCUT2D eigenvalue weighted by atomic mass is 9.93. The number of hydrogen-bond acceptors (Lipinski definition) is 2. The summed E-state index contributed by atoms with van der Waals surface area (Å²) in [5.41, 5.74) is 6.24. The Labute approximate surface area is 96.3 Å². The van der Waals surface area contributed by atoms with Crippen LogP contribution in [0.2, 0.25) is 0 Å². The summed E-state index contributed by atoms with van der Waals surface area (Å²) in [6, 6.07) is 0. The Kier molecular flexibility index (Phi) is 5.12. The minimum absolute atomic E-state index is 0.182. The number of piperidine rings is 1. The minimum Gasteiger partial charge on any atom is -0.370 e. The summed E-state index contributed by atoms with van der Waals surface area (Å²) in [5.74, 6) is 0.822. The largest absolute Gasteiger partial charge is 0.370 e. The van der Waals surface area contributed by atoms with Crippen molar-refractivity contribution in [1.29, 1.82) is 0 Å². The molecule has 1 amide bonds. The average molecular weight is 231 g/mol. The van der Waals surface area contributed by atoms with Gasteiger partial charge in [-0.05, 0) is 37.4 Å². The Morgan fingerprint density at radius 2 is 2.07 bits per heavy atom. The summed E-state index contributed by atoms with van der Waals surface area (Å²) in [6.45, 7) is 6.81. The first-order chi connectivity index (χ1) is 7.11. The minimum atomic E-state index is -0.182. The summed E-state index contributed by atoms with van der Waals surface area (Å²) in [5, 5.41) is 0. The number of likely N-dealkylation sites (tertiary alicyclic amines) is 1. The number of carbonyl (C=O) groups excluding carboxylic acids is 1. The fourth-order valence-corrected chi connectivity index (χ4v) is 2.08. The van der Waals surface area contributed by atoms with Crippen molar-refractivity contribution in [2.75, 3.05) is 25.5 Å². The van der Waals surface area contributed by atoms with Crippen molar-refractivity contribution in [3.05, 3.63) is 12.2 Å². The molecule has 0 bridgehead atoms. The van der Waals surface area contributed by atoms with Gasteiger partial charge in [0.1, 0.15) is 0 Å². The van der Waals surface area contributed by atoms with Gasteiger partial charge in [-0.25, -0.2) is 0 Å². The molecule has 1 rings (SSSR count). The van der Waals surface area contributed by atoms with E-state index >= 15 is 0 Å². The predicted octanol–water partition coefficient (Wildman–Crippen LogP) is 1.37. The van der Waals surface area contributed by atoms with E-state index in [0.717, 1.165) is 38.0 Å². The Hall–Kier alpha value is -0.540. The summed E-state index contributed by atoms with van der Waals surface area (Å²) >= 11 is 5.68. The van der Waals surface area contributed by atoms with E-state index < -0.39 is 0 Å². The maximum absolute atomic E-state index is 10.8. The highest BCUT2D eigenvalue weighted by atomic mass is 35.5. The molecule has 0 saturated carbocycles. The van der Waals surface area contributed by atoms with Gasteiger partial charge in [0, 0.05) is 18.8 Å². The molecule has 1 aliphatic rings. The topological polar surface area (TPSA) is 46.3 Å². The van der Waals surface area contributed by atoms with Crippen molar-refractivity contribution in [3.8, 4) is 0 Å². The molecule has 3 nitrogen and oxygen atoms in total. The summed E-state index contributed by atoms with van der Waals surface area (Å²) in [7, 11) is 0. The van der Waals surface area contributed by atoms with Crippen molar-refractivity contribution in [2.24, 2.45) is 11.7 Å². The first-order valence-corrected chi connectivity index (χ1v) is 5.88.